The summed E-state index contributed by atoms with van der Waals surface area (Å²) in [5.74, 6) is 2.03. The monoisotopic (exact) mass is 194 g/mol. The van der Waals surface area contributed by atoms with Crippen LogP contribution in [0.2, 0.25) is 0 Å². The Labute approximate surface area is 85.1 Å². The molecule has 1 aliphatic heterocycles. The number of likely N-dealkylation sites (N-methyl/N-ethyl adjacent to an activating group) is 1. The summed E-state index contributed by atoms with van der Waals surface area (Å²) in [4.78, 5) is 2.35. The van der Waals surface area contributed by atoms with E-state index < -0.39 is 0 Å². The molecule has 3 heteroatoms. The fraction of sp³-hybridized carbons (Fsp3) is 0.636. The maximum atomic E-state index is 5.49. The molecule has 0 bridgehead atoms. The van der Waals surface area contributed by atoms with Crippen LogP contribution in [0.4, 0.5) is 0 Å². The van der Waals surface area contributed by atoms with Crippen LogP contribution in [-0.2, 0) is 6.54 Å². The van der Waals surface area contributed by atoms with E-state index in [1.54, 1.807) is 0 Å². The highest BCUT2D eigenvalue weighted by atomic mass is 16.3. The Morgan fingerprint density at radius 3 is 3.00 bits per heavy atom. The fourth-order valence-electron chi connectivity index (χ4n) is 1.93. The van der Waals surface area contributed by atoms with Crippen molar-refractivity contribution in [3.8, 4) is 0 Å². The summed E-state index contributed by atoms with van der Waals surface area (Å²) in [5, 5.41) is 3.51. The van der Waals surface area contributed by atoms with E-state index in [0.29, 0.717) is 6.04 Å². The second kappa shape index (κ2) is 4.15. The van der Waals surface area contributed by atoms with E-state index in [-0.39, 0.29) is 0 Å². The summed E-state index contributed by atoms with van der Waals surface area (Å²) in [6, 6.07) is 4.68. The van der Waals surface area contributed by atoms with Gasteiger partial charge in [0.2, 0.25) is 0 Å². The highest BCUT2D eigenvalue weighted by Crippen LogP contribution is 2.09. The van der Waals surface area contributed by atoms with Crippen LogP contribution in [-0.4, -0.2) is 31.1 Å². The second-order valence-corrected chi connectivity index (χ2v) is 4.14. The number of furan rings is 1. The normalized spacial score (nSPS) is 23.1. The predicted octanol–water partition coefficient (Wildman–Crippen LogP) is 1.38. The van der Waals surface area contributed by atoms with Crippen molar-refractivity contribution < 1.29 is 4.42 Å². The Morgan fingerprint density at radius 2 is 2.43 bits per heavy atom. The van der Waals surface area contributed by atoms with E-state index in [2.05, 4.69) is 17.3 Å². The van der Waals surface area contributed by atoms with Crippen molar-refractivity contribution in [2.45, 2.75) is 25.9 Å². The zero-order valence-corrected chi connectivity index (χ0v) is 8.92. The highest BCUT2D eigenvalue weighted by Gasteiger charge is 2.18. The van der Waals surface area contributed by atoms with Crippen LogP contribution in [0.1, 0.15) is 17.9 Å². The lowest BCUT2D eigenvalue weighted by Gasteiger charge is -2.11. The van der Waals surface area contributed by atoms with Crippen molar-refractivity contribution in [2.24, 2.45) is 0 Å². The number of nitrogens with zero attached hydrogens (tertiary/aromatic N) is 1. The third-order valence-electron chi connectivity index (χ3n) is 2.75. The number of hydrogen-bond donors (Lipinski definition) is 1. The van der Waals surface area contributed by atoms with Gasteiger partial charge >= 0.3 is 0 Å². The number of aryl methyl sites for hydroxylation is 1. The van der Waals surface area contributed by atoms with Gasteiger partial charge < -0.3 is 14.6 Å². The van der Waals surface area contributed by atoms with Gasteiger partial charge in [0.1, 0.15) is 11.5 Å². The maximum Gasteiger partial charge on any atom is 0.117 e. The minimum absolute atomic E-state index is 0.630. The van der Waals surface area contributed by atoms with Crippen molar-refractivity contribution in [3.05, 3.63) is 23.7 Å². The summed E-state index contributed by atoms with van der Waals surface area (Å²) in [5.41, 5.74) is 0. The molecule has 0 spiro atoms. The molecule has 1 unspecified atom stereocenters. The molecule has 1 aliphatic rings. The van der Waals surface area contributed by atoms with E-state index >= 15 is 0 Å². The van der Waals surface area contributed by atoms with Gasteiger partial charge in [-0.1, -0.05) is 0 Å². The Morgan fingerprint density at radius 1 is 1.57 bits per heavy atom. The quantitative estimate of drug-likeness (QED) is 0.788. The second-order valence-electron chi connectivity index (χ2n) is 4.14. The molecule has 1 aromatic rings. The molecule has 0 amide bonds. The molecule has 0 radical (unpaired) electrons. The third kappa shape index (κ3) is 2.36. The van der Waals surface area contributed by atoms with E-state index in [9.17, 15) is 0 Å². The van der Waals surface area contributed by atoms with Crippen molar-refractivity contribution in [2.75, 3.05) is 20.1 Å². The average molecular weight is 194 g/mol. The van der Waals surface area contributed by atoms with Gasteiger partial charge in [-0.2, -0.15) is 0 Å². The lowest BCUT2D eigenvalue weighted by molar-refractivity contribution is 0.388. The lowest BCUT2D eigenvalue weighted by atomic mass is 10.2. The van der Waals surface area contributed by atoms with Gasteiger partial charge in [-0.05, 0) is 39.1 Å². The summed E-state index contributed by atoms with van der Waals surface area (Å²) in [6.07, 6.45) is 1.25. The van der Waals surface area contributed by atoms with Crippen molar-refractivity contribution in [3.63, 3.8) is 0 Å². The predicted molar refractivity (Wildman–Crippen MR) is 56.2 cm³/mol. The molecule has 0 aliphatic carbocycles. The molecule has 0 aromatic carbocycles. The summed E-state index contributed by atoms with van der Waals surface area (Å²) in [6.45, 7) is 5.19. The van der Waals surface area contributed by atoms with Gasteiger partial charge in [0.05, 0.1) is 6.54 Å². The average Bonchev–Trinajstić information content (AvgIpc) is 2.72. The smallest absolute Gasteiger partial charge is 0.117 e. The molecule has 2 rings (SSSR count). The van der Waals surface area contributed by atoms with Crippen molar-refractivity contribution >= 4 is 0 Å². The standard InChI is InChI=1S/C11H18N2O/c1-9-3-4-11(14-9)7-12-10-5-6-13(2)8-10/h3-4,10,12H,5-8H2,1-2H3. The van der Waals surface area contributed by atoms with Crippen molar-refractivity contribution in [1.29, 1.82) is 0 Å². The van der Waals surface area contributed by atoms with Crippen LogP contribution in [0.25, 0.3) is 0 Å². The molecule has 1 atom stereocenters. The molecule has 14 heavy (non-hydrogen) atoms. The maximum absolute atomic E-state index is 5.49. The minimum atomic E-state index is 0.630. The van der Waals surface area contributed by atoms with Crippen LogP contribution in [0.5, 0.6) is 0 Å². The van der Waals surface area contributed by atoms with Gasteiger partial charge in [0.25, 0.3) is 0 Å². The zero-order valence-electron chi connectivity index (χ0n) is 8.92. The molecule has 78 valence electrons. The zero-order chi connectivity index (χ0) is 9.97. The number of nitrogens with one attached hydrogen (secondary N) is 1. The summed E-state index contributed by atoms with van der Waals surface area (Å²) in [7, 11) is 2.17. The summed E-state index contributed by atoms with van der Waals surface area (Å²) < 4.78 is 5.49. The SMILES string of the molecule is Cc1ccc(CNC2CCN(C)C2)o1. The number of hydrogen-bond acceptors (Lipinski definition) is 3. The van der Waals surface area contributed by atoms with Crippen LogP contribution in [0, 0.1) is 6.92 Å². The van der Waals surface area contributed by atoms with E-state index in [4.69, 9.17) is 4.42 Å². The van der Waals surface area contributed by atoms with Crippen LogP contribution in [0.15, 0.2) is 16.5 Å². The Bertz CT molecular complexity index is 295. The molecular weight excluding hydrogens is 176 g/mol. The fourth-order valence-corrected chi connectivity index (χ4v) is 1.93. The van der Waals surface area contributed by atoms with Gasteiger partial charge in [-0.15, -0.1) is 0 Å². The first kappa shape index (κ1) is 9.74. The van der Waals surface area contributed by atoms with Gasteiger partial charge in [0, 0.05) is 12.6 Å². The molecule has 3 nitrogen and oxygen atoms in total. The number of rotatable bonds is 3. The van der Waals surface area contributed by atoms with E-state index in [1.807, 2.05) is 19.1 Å². The minimum Gasteiger partial charge on any atom is -0.465 e. The first-order valence-electron chi connectivity index (χ1n) is 5.21. The molecule has 0 saturated carbocycles. The van der Waals surface area contributed by atoms with Gasteiger partial charge in [-0.25, -0.2) is 0 Å². The molecular formula is C11H18N2O. The molecule has 1 saturated heterocycles. The van der Waals surface area contributed by atoms with Gasteiger partial charge in [-0.3, -0.25) is 0 Å². The third-order valence-corrected chi connectivity index (χ3v) is 2.75. The Kier molecular flexibility index (Phi) is 2.89. The molecule has 1 aromatic heterocycles. The van der Waals surface area contributed by atoms with E-state index in [1.165, 1.54) is 13.0 Å². The Hall–Kier alpha value is -0.800. The Balaban J connectivity index is 1.77. The molecule has 1 fully saturated rings. The lowest BCUT2D eigenvalue weighted by Crippen LogP contribution is -2.30. The first-order valence-corrected chi connectivity index (χ1v) is 5.21. The topological polar surface area (TPSA) is 28.4 Å². The molecule has 1 N–H and O–H groups in total. The van der Waals surface area contributed by atoms with Crippen LogP contribution in [0.3, 0.4) is 0 Å². The largest absolute Gasteiger partial charge is 0.465 e. The summed E-state index contributed by atoms with van der Waals surface area (Å²) >= 11 is 0. The molecule has 2 heterocycles. The van der Waals surface area contributed by atoms with Crippen molar-refractivity contribution in [1.82, 2.24) is 10.2 Å². The first-order chi connectivity index (χ1) is 6.74. The van der Waals surface area contributed by atoms with Crippen LogP contribution < -0.4 is 5.32 Å². The van der Waals surface area contributed by atoms with Gasteiger partial charge in [0.15, 0.2) is 0 Å². The number of likely N-dealkylation sites (tertiary alicyclic amines) is 1. The van der Waals surface area contributed by atoms with Crippen LogP contribution >= 0.6 is 0 Å². The highest BCUT2D eigenvalue weighted by molar-refractivity contribution is 5.05. The van der Waals surface area contributed by atoms with E-state index in [0.717, 1.165) is 24.6 Å².